The van der Waals surface area contributed by atoms with Crippen LogP contribution >= 0.6 is 0 Å². The van der Waals surface area contributed by atoms with Gasteiger partial charge in [0.05, 0.1) is 12.2 Å². The molecule has 112 valence electrons. The average molecular weight is 297 g/mol. The van der Waals surface area contributed by atoms with Crippen LogP contribution in [-0.4, -0.2) is 17.6 Å². The third-order valence-electron chi connectivity index (χ3n) is 2.99. The lowest BCUT2D eigenvalue weighted by Gasteiger charge is -2.14. The number of esters is 1. The van der Waals surface area contributed by atoms with Crippen LogP contribution in [0, 0.1) is 18.3 Å². The Morgan fingerprint density at radius 3 is 2.64 bits per heavy atom. The van der Waals surface area contributed by atoms with Gasteiger partial charge in [0.15, 0.2) is 0 Å². The van der Waals surface area contributed by atoms with Gasteiger partial charge in [-0.15, -0.1) is 0 Å². The Morgan fingerprint density at radius 2 is 2.05 bits per heavy atom. The van der Waals surface area contributed by atoms with Gasteiger partial charge in [0.2, 0.25) is 5.88 Å². The van der Waals surface area contributed by atoms with E-state index in [4.69, 9.17) is 20.5 Å². The minimum atomic E-state index is -0.602. The van der Waals surface area contributed by atoms with Crippen molar-refractivity contribution in [2.75, 3.05) is 12.3 Å². The van der Waals surface area contributed by atoms with Crippen molar-refractivity contribution < 1.29 is 14.3 Å². The Hall–Kier alpha value is -3.07. The number of benzene rings is 1. The monoisotopic (exact) mass is 297 g/mol. The van der Waals surface area contributed by atoms with Crippen molar-refractivity contribution in [3.05, 3.63) is 47.0 Å². The summed E-state index contributed by atoms with van der Waals surface area (Å²) in [5, 5.41) is 9.15. The van der Waals surface area contributed by atoms with Gasteiger partial charge in [0.1, 0.15) is 23.2 Å². The highest BCUT2D eigenvalue weighted by Crippen LogP contribution is 2.30. The van der Waals surface area contributed by atoms with Gasteiger partial charge in [-0.2, -0.15) is 10.2 Å². The maximum absolute atomic E-state index is 12.2. The molecule has 0 spiro atoms. The molecule has 0 aliphatic carbocycles. The molecule has 0 unspecified atom stereocenters. The number of hydrogen-bond donors (Lipinski definition) is 1. The lowest BCUT2D eigenvalue weighted by Crippen LogP contribution is -2.13. The largest absolute Gasteiger partial charge is 0.462 e. The topological polar surface area (TPSA) is 98.2 Å². The van der Waals surface area contributed by atoms with Gasteiger partial charge in [-0.05, 0) is 31.5 Å². The van der Waals surface area contributed by atoms with Crippen molar-refractivity contribution in [2.24, 2.45) is 0 Å². The Bertz CT molecular complexity index is 737. The minimum absolute atomic E-state index is 0.0129. The second kappa shape index (κ2) is 6.59. The second-order valence-electron chi connectivity index (χ2n) is 4.42. The molecule has 2 aromatic rings. The number of nitrogen functional groups attached to an aromatic ring is 1. The molecular weight excluding hydrogens is 282 g/mol. The number of rotatable bonds is 4. The molecule has 1 aromatic heterocycles. The van der Waals surface area contributed by atoms with Gasteiger partial charge in [0.25, 0.3) is 0 Å². The molecule has 1 heterocycles. The molecule has 0 saturated carbocycles. The van der Waals surface area contributed by atoms with Crippen LogP contribution in [0.2, 0.25) is 0 Å². The van der Waals surface area contributed by atoms with E-state index in [1.54, 1.807) is 38.1 Å². The fraction of sp³-hybridized carbons (Fsp3) is 0.188. The van der Waals surface area contributed by atoms with Crippen LogP contribution in [0.3, 0.4) is 0 Å². The van der Waals surface area contributed by atoms with Gasteiger partial charge in [0, 0.05) is 0 Å². The predicted octanol–water partition coefficient (Wildman–Crippen LogP) is 2.81. The number of pyridine rings is 1. The Kier molecular flexibility index (Phi) is 4.59. The number of anilines is 1. The first-order valence-electron chi connectivity index (χ1n) is 6.68. The zero-order valence-electron chi connectivity index (χ0n) is 12.3. The van der Waals surface area contributed by atoms with Crippen molar-refractivity contribution in [2.45, 2.75) is 13.8 Å². The molecule has 22 heavy (non-hydrogen) atoms. The second-order valence-corrected chi connectivity index (χ2v) is 4.42. The van der Waals surface area contributed by atoms with Crippen LogP contribution in [0.1, 0.15) is 28.4 Å². The number of carbonyl (C=O) groups is 1. The molecule has 0 aliphatic rings. The number of ether oxygens (including phenoxy) is 2. The zero-order chi connectivity index (χ0) is 16.1. The first-order chi connectivity index (χ1) is 10.6. The first-order valence-corrected chi connectivity index (χ1v) is 6.68. The van der Waals surface area contributed by atoms with Crippen molar-refractivity contribution in [1.29, 1.82) is 5.26 Å². The Labute approximate surface area is 128 Å². The first kappa shape index (κ1) is 15.3. The lowest BCUT2D eigenvalue weighted by atomic mass is 10.1. The van der Waals surface area contributed by atoms with Crippen LogP contribution in [0.5, 0.6) is 11.6 Å². The van der Waals surface area contributed by atoms with E-state index in [-0.39, 0.29) is 29.4 Å². The SMILES string of the molecule is CCOC(=O)c1c(Oc2ccccc2)nc(N)c(C#N)c1C. The number of hydrogen-bond acceptors (Lipinski definition) is 6. The van der Waals surface area contributed by atoms with Crippen LogP contribution in [0.4, 0.5) is 5.82 Å². The summed E-state index contributed by atoms with van der Waals surface area (Å²) in [6.07, 6.45) is 0. The van der Waals surface area contributed by atoms with Crippen LogP contribution in [-0.2, 0) is 4.74 Å². The highest BCUT2D eigenvalue weighted by atomic mass is 16.5. The van der Waals surface area contributed by atoms with E-state index in [0.29, 0.717) is 11.3 Å². The van der Waals surface area contributed by atoms with E-state index in [0.717, 1.165) is 0 Å². The molecule has 6 heteroatoms. The van der Waals surface area contributed by atoms with Crippen LogP contribution in [0.25, 0.3) is 0 Å². The summed E-state index contributed by atoms with van der Waals surface area (Å²) in [5.74, 6) is -0.0587. The van der Waals surface area contributed by atoms with E-state index in [2.05, 4.69) is 4.98 Å². The van der Waals surface area contributed by atoms with Crippen molar-refractivity contribution in [3.63, 3.8) is 0 Å². The molecule has 0 aliphatic heterocycles. The van der Waals surface area contributed by atoms with Gasteiger partial charge < -0.3 is 15.2 Å². The maximum atomic E-state index is 12.2. The predicted molar refractivity (Wildman–Crippen MR) is 80.6 cm³/mol. The number of nitriles is 1. The Morgan fingerprint density at radius 1 is 1.36 bits per heavy atom. The molecular formula is C16H15N3O3. The summed E-state index contributed by atoms with van der Waals surface area (Å²) in [6, 6.07) is 10.8. The van der Waals surface area contributed by atoms with E-state index >= 15 is 0 Å². The number of nitrogens with zero attached hydrogens (tertiary/aromatic N) is 2. The molecule has 0 radical (unpaired) electrons. The summed E-state index contributed by atoms with van der Waals surface area (Å²) in [7, 11) is 0. The van der Waals surface area contributed by atoms with Gasteiger partial charge in [-0.25, -0.2) is 4.79 Å². The van der Waals surface area contributed by atoms with Crippen LogP contribution in [0.15, 0.2) is 30.3 Å². The van der Waals surface area contributed by atoms with Gasteiger partial charge in [-0.1, -0.05) is 18.2 Å². The molecule has 0 saturated heterocycles. The minimum Gasteiger partial charge on any atom is -0.462 e. The molecule has 0 fully saturated rings. The zero-order valence-corrected chi connectivity index (χ0v) is 12.3. The van der Waals surface area contributed by atoms with Crippen LogP contribution < -0.4 is 10.5 Å². The number of aromatic nitrogens is 1. The van der Waals surface area contributed by atoms with Gasteiger partial charge >= 0.3 is 5.97 Å². The van der Waals surface area contributed by atoms with Gasteiger partial charge in [-0.3, -0.25) is 0 Å². The summed E-state index contributed by atoms with van der Waals surface area (Å²) in [4.78, 5) is 16.2. The average Bonchev–Trinajstić information content (AvgIpc) is 2.48. The fourth-order valence-electron chi connectivity index (χ4n) is 1.96. The number of carbonyl (C=O) groups excluding carboxylic acids is 1. The molecule has 0 bridgehead atoms. The summed E-state index contributed by atoms with van der Waals surface area (Å²) >= 11 is 0. The number of para-hydroxylation sites is 1. The molecule has 6 nitrogen and oxygen atoms in total. The molecule has 2 N–H and O–H groups in total. The lowest BCUT2D eigenvalue weighted by molar-refractivity contribution is 0.0522. The summed E-state index contributed by atoms with van der Waals surface area (Å²) in [5.41, 5.74) is 6.40. The quantitative estimate of drug-likeness (QED) is 0.871. The highest BCUT2D eigenvalue weighted by molar-refractivity contribution is 5.95. The van der Waals surface area contributed by atoms with Crippen molar-refractivity contribution >= 4 is 11.8 Å². The molecule has 1 aromatic carbocycles. The van der Waals surface area contributed by atoms with E-state index in [1.807, 2.05) is 12.1 Å². The third kappa shape index (κ3) is 2.99. The van der Waals surface area contributed by atoms with Crippen molar-refractivity contribution in [3.8, 4) is 17.7 Å². The molecule has 2 rings (SSSR count). The maximum Gasteiger partial charge on any atom is 0.343 e. The molecule has 0 amide bonds. The smallest absolute Gasteiger partial charge is 0.343 e. The number of nitrogens with two attached hydrogens (primary N) is 1. The standard InChI is InChI=1S/C16H15N3O3/c1-3-21-16(20)13-10(2)12(9-17)14(18)19-15(13)22-11-7-5-4-6-8-11/h4-8H,3H2,1-2H3,(H2,18,19). The highest BCUT2D eigenvalue weighted by Gasteiger charge is 2.24. The van der Waals surface area contributed by atoms with E-state index in [1.165, 1.54) is 0 Å². The Balaban J connectivity index is 2.56. The van der Waals surface area contributed by atoms with Crippen molar-refractivity contribution in [1.82, 2.24) is 4.98 Å². The third-order valence-corrected chi connectivity index (χ3v) is 2.99. The van der Waals surface area contributed by atoms with E-state index < -0.39 is 5.97 Å². The normalized spacial score (nSPS) is 9.86. The fourth-order valence-corrected chi connectivity index (χ4v) is 1.96. The molecule has 0 atom stereocenters. The van der Waals surface area contributed by atoms with E-state index in [9.17, 15) is 4.79 Å². The summed E-state index contributed by atoms with van der Waals surface area (Å²) < 4.78 is 10.7. The summed E-state index contributed by atoms with van der Waals surface area (Å²) in [6.45, 7) is 3.51.